The first kappa shape index (κ1) is 71.9. The third-order valence-electron chi connectivity index (χ3n) is 25.0. The van der Waals surface area contributed by atoms with Crippen LogP contribution in [0.4, 0.5) is 34.1 Å². The average molecular weight is 1540 g/mol. The van der Waals surface area contributed by atoms with E-state index in [2.05, 4.69) is 494 Å². The average Bonchev–Trinajstić information content (AvgIpc) is 1.59. The van der Waals surface area contributed by atoms with Gasteiger partial charge in [-0.2, -0.15) is 0 Å². The molecule has 0 amide bonds. The van der Waals surface area contributed by atoms with E-state index >= 15 is 0 Å². The predicted molar refractivity (Wildman–Crippen MR) is 511 cm³/mol. The van der Waals surface area contributed by atoms with Crippen molar-refractivity contribution in [1.82, 2.24) is 9.13 Å². The third kappa shape index (κ3) is 13.2. The SMILES string of the molecule is CC1(C)c2ccccc2-c2ccc(-n3c4ccc(-c5ccc(-c6cccc(-c7ccc(N(c8ccc(-c9ccccc9)cc8)c8ccc(-c9ccc%10c(c9)c9cc(-c%11ccccc%11)ccc9n%10-c9ccccc9)cc8)cc7)c6)cc5)cc4c4cc(-c5ccc(N(c6ccc(-c7ccccc7)cc6)c6ccc(-c7ccccc7)cc6)cc5)ccc43)cc21. The second kappa shape index (κ2) is 30.1. The summed E-state index contributed by atoms with van der Waals surface area (Å²) in [5, 5.41) is 4.85. The van der Waals surface area contributed by atoms with E-state index in [0.29, 0.717) is 0 Å². The van der Waals surface area contributed by atoms with Crippen LogP contribution in [-0.2, 0) is 5.41 Å². The van der Waals surface area contributed by atoms with Crippen molar-refractivity contribution in [3.63, 3.8) is 0 Å². The number of anilines is 6. The molecule has 0 aliphatic heterocycles. The third-order valence-corrected chi connectivity index (χ3v) is 25.0. The molecule has 0 bridgehead atoms. The van der Waals surface area contributed by atoms with Crippen LogP contribution < -0.4 is 9.80 Å². The molecule has 21 aromatic rings. The van der Waals surface area contributed by atoms with Gasteiger partial charge in [-0.25, -0.2) is 0 Å². The van der Waals surface area contributed by atoms with Crippen molar-refractivity contribution in [2.75, 3.05) is 9.80 Å². The van der Waals surface area contributed by atoms with E-state index in [1.165, 1.54) is 116 Å². The molecule has 1 aliphatic rings. The van der Waals surface area contributed by atoms with Crippen LogP contribution in [0, 0.1) is 0 Å². The van der Waals surface area contributed by atoms with E-state index in [1.54, 1.807) is 0 Å². The molecule has 2 heterocycles. The highest BCUT2D eigenvalue weighted by molar-refractivity contribution is 6.13. The van der Waals surface area contributed by atoms with Gasteiger partial charge in [0.1, 0.15) is 0 Å². The second-order valence-corrected chi connectivity index (χ2v) is 32.4. The molecule has 0 unspecified atom stereocenters. The van der Waals surface area contributed by atoms with Gasteiger partial charge in [0.15, 0.2) is 0 Å². The Morgan fingerprint density at radius 2 is 0.397 bits per heavy atom. The fourth-order valence-corrected chi connectivity index (χ4v) is 18.7. The first-order valence-corrected chi connectivity index (χ1v) is 41.8. The molecule has 0 saturated heterocycles. The van der Waals surface area contributed by atoms with Gasteiger partial charge in [-0.1, -0.05) is 323 Å². The predicted octanol–water partition coefficient (Wildman–Crippen LogP) is 32.1. The molecule has 19 aromatic carbocycles. The van der Waals surface area contributed by atoms with Crippen molar-refractivity contribution in [3.05, 3.63) is 472 Å². The van der Waals surface area contributed by atoms with Crippen LogP contribution in [0.15, 0.2) is 461 Å². The number of para-hydroxylation sites is 1. The van der Waals surface area contributed by atoms with E-state index in [1.807, 2.05) is 0 Å². The maximum absolute atomic E-state index is 2.49. The summed E-state index contributed by atoms with van der Waals surface area (Å²) in [5.41, 5.74) is 39.8. The lowest BCUT2D eigenvalue weighted by Gasteiger charge is -2.26. The van der Waals surface area contributed by atoms with Gasteiger partial charge in [-0.15, -0.1) is 0 Å². The van der Waals surface area contributed by atoms with Crippen LogP contribution in [0.1, 0.15) is 25.0 Å². The molecule has 0 N–H and O–H groups in total. The Hall–Kier alpha value is -15.6. The smallest absolute Gasteiger partial charge is 0.0541 e. The van der Waals surface area contributed by atoms with Crippen molar-refractivity contribution in [1.29, 1.82) is 0 Å². The van der Waals surface area contributed by atoms with Gasteiger partial charge in [-0.05, 0) is 274 Å². The summed E-state index contributed by atoms with van der Waals surface area (Å²) in [6.45, 7) is 4.74. The lowest BCUT2D eigenvalue weighted by molar-refractivity contribution is 0.660. The van der Waals surface area contributed by atoms with E-state index < -0.39 is 0 Å². The molecular weight excluding hydrogens is 1460 g/mol. The van der Waals surface area contributed by atoms with Crippen LogP contribution in [0.2, 0.25) is 0 Å². The summed E-state index contributed by atoms with van der Waals surface area (Å²) < 4.78 is 4.89. The van der Waals surface area contributed by atoms with E-state index in [9.17, 15) is 0 Å². The normalized spacial score (nSPS) is 12.1. The Morgan fingerprint density at radius 1 is 0.165 bits per heavy atom. The van der Waals surface area contributed by atoms with Crippen LogP contribution >= 0.6 is 0 Å². The molecule has 1 aliphatic carbocycles. The fraction of sp³-hybridized carbons (Fsp3) is 0.0256. The van der Waals surface area contributed by atoms with E-state index in [-0.39, 0.29) is 5.41 Å². The molecule has 0 fully saturated rings. The molecule has 22 rings (SSSR count). The Labute approximate surface area is 706 Å². The lowest BCUT2D eigenvalue weighted by atomic mass is 9.82. The van der Waals surface area contributed by atoms with Crippen molar-refractivity contribution < 1.29 is 0 Å². The fourth-order valence-electron chi connectivity index (χ4n) is 18.7. The zero-order valence-corrected chi connectivity index (χ0v) is 67.2. The standard InChI is InChI=1S/C117H82N4/c1-117(2)111-34-19-18-33-105(111)106-68-67-104(78-112(106)117)121-115-71-53-94(75-109(115)110-77-96(54-72-116(110)121)90-49-63-102(64-50-90)118(98-55-39-83(40-56-98)79-21-8-3-9-22-79)99-57-41-84(42-58-99)80-23-10-4-11-24-80)87-37-35-86(36-38-87)91-29-20-30-92(73-91)88-45-61-101(62-46-88)119(100-59-43-85(44-60-100)81-25-12-5-13-26-81)103-65-47-89(48-66-103)95-52-70-114-108(76-95)107-74-93(82-27-14-6-15-28-82)51-69-113(107)120(114)97-31-16-7-17-32-97/h3-78H,1-2H3. The molecule has 0 radical (unpaired) electrons. The van der Waals surface area contributed by atoms with E-state index in [4.69, 9.17) is 0 Å². The summed E-state index contributed by atoms with van der Waals surface area (Å²) >= 11 is 0. The molecule has 0 spiro atoms. The minimum Gasteiger partial charge on any atom is -0.311 e. The van der Waals surface area contributed by atoms with Crippen molar-refractivity contribution in [2.24, 2.45) is 0 Å². The van der Waals surface area contributed by atoms with Crippen molar-refractivity contribution in [2.45, 2.75) is 19.3 Å². The number of rotatable bonds is 17. The quantitative estimate of drug-likeness (QED) is 0.0903. The number of fused-ring (bicyclic) bond motifs is 9. The number of aromatic nitrogens is 2. The largest absolute Gasteiger partial charge is 0.311 e. The molecule has 0 saturated carbocycles. The highest BCUT2D eigenvalue weighted by atomic mass is 15.1. The maximum Gasteiger partial charge on any atom is 0.0541 e. The number of nitrogens with zero attached hydrogens (tertiary/aromatic N) is 4. The summed E-state index contributed by atoms with van der Waals surface area (Å²) in [7, 11) is 0. The van der Waals surface area contributed by atoms with Gasteiger partial charge in [0.05, 0.1) is 22.1 Å². The summed E-state index contributed by atoms with van der Waals surface area (Å²) in [6, 6.07) is 170. The molecule has 2 aromatic heterocycles. The highest BCUT2D eigenvalue weighted by Gasteiger charge is 2.36. The lowest BCUT2D eigenvalue weighted by Crippen LogP contribution is -2.15. The van der Waals surface area contributed by atoms with Crippen LogP contribution in [-0.4, -0.2) is 9.13 Å². The zero-order valence-electron chi connectivity index (χ0n) is 67.2. The van der Waals surface area contributed by atoms with Crippen LogP contribution in [0.25, 0.3) is 166 Å². The van der Waals surface area contributed by atoms with Gasteiger partial charge >= 0.3 is 0 Å². The second-order valence-electron chi connectivity index (χ2n) is 32.4. The maximum atomic E-state index is 2.49. The number of benzene rings is 19. The molecule has 570 valence electrons. The Bertz CT molecular complexity index is 7340. The topological polar surface area (TPSA) is 16.3 Å². The zero-order chi connectivity index (χ0) is 80.5. The van der Waals surface area contributed by atoms with Crippen LogP contribution in [0.5, 0.6) is 0 Å². The van der Waals surface area contributed by atoms with Gasteiger partial charge < -0.3 is 18.9 Å². The summed E-state index contributed by atoms with van der Waals surface area (Å²) in [6.07, 6.45) is 0. The summed E-state index contributed by atoms with van der Waals surface area (Å²) in [5.74, 6) is 0. The highest BCUT2D eigenvalue weighted by Crippen LogP contribution is 2.51. The van der Waals surface area contributed by atoms with Gasteiger partial charge in [0.25, 0.3) is 0 Å². The minimum absolute atomic E-state index is 0.153. The molecule has 121 heavy (non-hydrogen) atoms. The Morgan fingerprint density at radius 3 is 0.727 bits per heavy atom. The Kier molecular flexibility index (Phi) is 17.9. The molecule has 0 atom stereocenters. The monoisotopic (exact) mass is 1540 g/mol. The Balaban J connectivity index is 0.574. The summed E-state index contributed by atoms with van der Waals surface area (Å²) in [4.78, 5) is 4.74. The minimum atomic E-state index is -0.153. The van der Waals surface area contributed by atoms with Crippen LogP contribution in [0.3, 0.4) is 0 Å². The van der Waals surface area contributed by atoms with Gasteiger partial charge in [0, 0.05) is 72.5 Å². The van der Waals surface area contributed by atoms with E-state index in [0.717, 1.165) is 95.6 Å². The number of hydrogen-bond donors (Lipinski definition) is 0. The first-order valence-electron chi connectivity index (χ1n) is 41.8. The molecule has 4 nitrogen and oxygen atoms in total. The molecular formula is C117H82N4. The van der Waals surface area contributed by atoms with Crippen molar-refractivity contribution in [3.8, 4) is 123 Å². The first-order chi connectivity index (χ1) is 59.7. The number of hydrogen-bond acceptors (Lipinski definition) is 2. The molecule has 4 heteroatoms. The van der Waals surface area contributed by atoms with Crippen molar-refractivity contribution >= 4 is 77.7 Å². The van der Waals surface area contributed by atoms with Gasteiger partial charge in [-0.3, -0.25) is 0 Å². The van der Waals surface area contributed by atoms with Gasteiger partial charge in [0.2, 0.25) is 0 Å².